The van der Waals surface area contributed by atoms with Crippen molar-refractivity contribution in [1.29, 1.82) is 5.26 Å². The van der Waals surface area contributed by atoms with E-state index in [1.165, 1.54) is 10.7 Å². The van der Waals surface area contributed by atoms with Crippen LogP contribution in [0.4, 0.5) is 0 Å². The lowest BCUT2D eigenvalue weighted by Crippen LogP contribution is -2.34. The summed E-state index contributed by atoms with van der Waals surface area (Å²) in [7, 11) is 0. The van der Waals surface area contributed by atoms with Gasteiger partial charge >= 0.3 is 0 Å². The number of rotatable bonds is 7. The van der Waals surface area contributed by atoms with Crippen molar-refractivity contribution in [1.82, 2.24) is 15.1 Å². The first-order chi connectivity index (χ1) is 13.7. The van der Waals surface area contributed by atoms with Gasteiger partial charge in [0.05, 0.1) is 17.8 Å². The van der Waals surface area contributed by atoms with E-state index in [9.17, 15) is 9.59 Å². The average molecular weight is 374 g/mol. The van der Waals surface area contributed by atoms with Gasteiger partial charge in [-0.05, 0) is 18.2 Å². The van der Waals surface area contributed by atoms with Gasteiger partial charge in [0.1, 0.15) is 11.8 Å². The van der Waals surface area contributed by atoms with Crippen molar-refractivity contribution in [3.63, 3.8) is 0 Å². The third-order valence-electron chi connectivity index (χ3n) is 3.95. The molecular weight excluding hydrogens is 356 g/mol. The van der Waals surface area contributed by atoms with Crippen LogP contribution in [-0.4, -0.2) is 28.8 Å². The van der Waals surface area contributed by atoms with Crippen molar-refractivity contribution in [2.24, 2.45) is 0 Å². The maximum absolute atomic E-state index is 12.0. The Kier molecular flexibility index (Phi) is 6.16. The predicted molar refractivity (Wildman–Crippen MR) is 104 cm³/mol. The Balaban J connectivity index is 1.54. The summed E-state index contributed by atoms with van der Waals surface area (Å²) in [5, 5.41) is 16.0. The summed E-state index contributed by atoms with van der Waals surface area (Å²) in [4.78, 5) is 23.9. The number of hydrogen-bond donors (Lipinski definition) is 1. The molecule has 0 bridgehead atoms. The van der Waals surface area contributed by atoms with Gasteiger partial charge in [0.25, 0.3) is 11.5 Å². The number of nitrogens with one attached hydrogen (secondary N) is 1. The molecule has 7 nitrogen and oxygen atoms in total. The molecule has 0 saturated carbocycles. The van der Waals surface area contributed by atoms with E-state index in [1.54, 1.807) is 30.3 Å². The fourth-order valence-electron chi connectivity index (χ4n) is 2.55. The van der Waals surface area contributed by atoms with Crippen molar-refractivity contribution < 1.29 is 9.53 Å². The molecule has 1 amide bonds. The second-order valence-corrected chi connectivity index (χ2v) is 5.89. The van der Waals surface area contributed by atoms with Gasteiger partial charge in [-0.1, -0.05) is 42.5 Å². The van der Waals surface area contributed by atoms with E-state index in [0.717, 1.165) is 5.56 Å². The average Bonchev–Trinajstić information content (AvgIpc) is 2.74. The Bertz CT molecular complexity index is 1050. The smallest absolute Gasteiger partial charge is 0.266 e. The second-order valence-electron chi connectivity index (χ2n) is 5.89. The van der Waals surface area contributed by atoms with Crippen molar-refractivity contribution in [2.45, 2.75) is 6.54 Å². The molecule has 0 aliphatic carbocycles. The van der Waals surface area contributed by atoms with Crippen LogP contribution in [0, 0.1) is 11.3 Å². The number of nitriles is 1. The van der Waals surface area contributed by atoms with Gasteiger partial charge in [0.2, 0.25) is 0 Å². The molecule has 3 rings (SSSR count). The van der Waals surface area contributed by atoms with Gasteiger partial charge in [-0.25, -0.2) is 4.68 Å². The van der Waals surface area contributed by atoms with E-state index < -0.39 is 0 Å². The highest BCUT2D eigenvalue weighted by molar-refractivity contribution is 5.77. The number of ether oxygens (including phenoxy) is 1. The summed E-state index contributed by atoms with van der Waals surface area (Å²) in [5.41, 5.74) is 1.71. The largest absolute Gasteiger partial charge is 0.482 e. The molecule has 0 saturated heterocycles. The molecule has 1 heterocycles. The maximum Gasteiger partial charge on any atom is 0.266 e. The van der Waals surface area contributed by atoms with E-state index in [1.807, 2.05) is 36.4 Å². The van der Waals surface area contributed by atoms with Crippen molar-refractivity contribution >= 4 is 5.91 Å². The van der Waals surface area contributed by atoms with Crippen LogP contribution in [0.3, 0.4) is 0 Å². The SMILES string of the molecule is N#Cc1ccccc1OCC(=O)NCCn1nc(-c2ccccc2)ccc1=O. The summed E-state index contributed by atoms with van der Waals surface area (Å²) in [6.45, 7) is 0.248. The predicted octanol–water partition coefficient (Wildman–Crippen LogP) is 1.98. The molecule has 0 aliphatic rings. The van der Waals surface area contributed by atoms with Crippen LogP contribution in [0.25, 0.3) is 11.3 Å². The molecule has 2 aromatic carbocycles. The van der Waals surface area contributed by atoms with E-state index >= 15 is 0 Å². The summed E-state index contributed by atoms with van der Waals surface area (Å²) < 4.78 is 6.69. The molecule has 28 heavy (non-hydrogen) atoms. The number of benzene rings is 2. The quantitative estimate of drug-likeness (QED) is 0.682. The monoisotopic (exact) mass is 374 g/mol. The van der Waals surface area contributed by atoms with Crippen LogP contribution in [0.2, 0.25) is 0 Å². The lowest BCUT2D eigenvalue weighted by atomic mass is 10.1. The zero-order valence-corrected chi connectivity index (χ0v) is 15.0. The molecule has 7 heteroatoms. The van der Waals surface area contributed by atoms with Crippen molar-refractivity contribution in [2.75, 3.05) is 13.2 Å². The summed E-state index contributed by atoms with van der Waals surface area (Å²) in [6, 6.07) is 21.4. The number of carbonyl (C=O) groups excluding carboxylic acids is 1. The Labute approximate surface area is 161 Å². The number of para-hydroxylation sites is 1. The Morgan fingerprint density at radius 1 is 1.07 bits per heavy atom. The van der Waals surface area contributed by atoms with Crippen LogP contribution in [0.1, 0.15) is 5.56 Å². The van der Waals surface area contributed by atoms with Crippen LogP contribution in [0.5, 0.6) is 5.75 Å². The van der Waals surface area contributed by atoms with Crippen LogP contribution >= 0.6 is 0 Å². The lowest BCUT2D eigenvalue weighted by Gasteiger charge is -2.10. The third kappa shape index (κ3) is 4.83. The van der Waals surface area contributed by atoms with Crippen LogP contribution < -0.4 is 15.6 Å². The highest BCUT2D eigenvalue weighted by Gasteiger charge is 2.07. The van der Waals surface area contributed by atoms with Gasteiger partial charge in [0, 0.05) is 18.2 Å². The molecule has 1 N–H and O–H groups in total. The molecule has 140 valence electrons. The summed E-state index contributed by atoms with van der Waals surface area (Å²) in [6.07, 6.45) is 0. The van der Waals surface area contributed by atoms with E-state index in [-0.39, 0.29) is 31.2 Å². The molecular formula is C21H18N4O3. The molecule has 0 radical (unpaired) electrons. The number of carbonyl (C=O) groups is 1. The van der Waals surface area contributed by atoms with Crippen LogP contribution in [-0.2, 0) is 11.3 Å². The standard InChI is InChI=1S/C21H18N4O3/c22-14-17-8-4-5-9-19(17)28-15-20(26)23-12-13-25-21(27)11-10-18(24-25)16-6-2-1-3-7-16/h1-11H,12-13,15H2,(H,23,26). The molecule has 0 atom stereocenters. The minimum Gasteiger partial charge on any atom is -0.482 e. The third-order valence-corrected chi connectivity index (χ3v) is 3.95. The fraction of sp³-hybridized carbons (Fsp3) is 0.143. The number of aromatic nitrogens is 2. The van der Waals surface area contributed by atoms with Crippen LogP contribution in [0.15, 0.2) is 71.5 Å². The fourth-order valence-corrected chi connectivity index (χ4v) is 2.55. The Morgan fingerprint density at radius 3 is 2.61 bits per heavy atom. The molecule has 0 aliphatic heterocycles. The first-order valence-electron chi connectivity index (χ1n) is 8.69. The normalized spacial score (nSPS) is 10.1. The van der Waals surface area contributed by atoms with Gasteiger partial charge in [0.15, 0.2) is 6.61 Å². The molecule has 0 fully saturated rings. The van der Waals surface area contributed by atoms with Gasteiger partial charge in [-0.3, -0.25) is 9.59 Å². The minimum atomic E-state index is -0.347. The van der Waals surface area contributed by atoms with Crippen molar-refractivity contribution in [3.05, 3.63) is 82.6 Å². The van der Waals surface area contributed by atoms with Gasteiger partial charge in [-0.2, -0.15) is 10.4 Å². The number of nitrogens with zero attached hydrogens (tertiary/aromatic N) is 3. The summed E-state index contributed by atoms with van der Waals surface area (Å²) >= 11 is 0. The topological polar surface area (TPSA) is 97.0 Å². The number of hydrogen-bond acceptors (Lipinski definition) is 5. The molecule has 1 aromatic heterocycles. The van der Waals surface area contributed by atoms with Crippen molar-refractivity contribution in [3.8, 4) is 23.1 Å². The Morgan fingerprint density at radius 2 is 1.82 bits per heavy atom. The lowest BCUT2D eigenvalue weighted by molar-refractivity contribution is -0.123. The summed E-state index contributed by atoms with van der Waals surface area (Å²) in [5.74, 6) is 0.00797. The first kappa shape index (κ1) is 18.9. The molecule has 3 aromatic rings. The molecule has 0 spiro atoms. The van der Waals surface area contributed by atoms with E-state index in [0.29, 0.717) is 17.0 Å². The highest BCUT2D eigenvalue weighted by atomic mass is 16.5. The zero-order chi connectivity index (χ0) is 19.8. The highest BCUT2D eigenvalue weighted by Crippen LogP contribution is 2.16. The van der Waals surface area contributed by atoms with Gasteiger partial charge < -0.3 is 10.1 Å². The second kappa shape index (κ2) is 9.14. The molecule has 0 unspecified atom stereocenters. The Hall–Kier alpha value is -3.92. The van der Waals surface area contributed by atoms with E-state index in [2.05, 4.69) is 10.4 Å². The number of amides is 1. The minimum absolute atomic E-state index is 0.217. The first-order valence-corrected chi connectivity index (χ1v) is 8.69. The maximum atomic E-state index is 12.0. The van der Waals surface area contributed by atoms with E-state index in [4.69, 9.17) is 10.00 Å². The van der Waals surface area contributed by atoms with Gasteiger partial charge in [-0.15, -0.1) is 0 Å². The zero-order valence-electron chi connectivity index (χ0n) is 15.0.